The van der Waals surface area contributed by atoms with Crippen molar-refractivity contribution in [1.29, 1.82) is 0 Å². The number of amides is 1. The highest BCUT2D eigenvalue weighted by atomic mass is 35.5. The molecule has 1 saturated heterocycles. The average molecular weight is 397 g/mol. The molecule has 0 saturated carbocycles. The Morgan fingerprint density at radius 1 is 1.20 bits per heavy atom. The highest BCUT2D eigenvalue weighted by Gasteiger charge is 2.35. The Hall–Kier alpha value is -1.73. The zero-order valence-electron chi connectivity index (χ0n) is 13.2. The fourth-order valence-electron chi connectivity index (χ4n) is 3.09. The second-order valence-electron chi connectivity index (χ2n) is 5.63. The van der Waals surface area contributed by atoms with Gasteiger partial charge in [0.2, 0.25) is 5.91 Å². The number of nitrogens with zero attached hydrogens (tertiary/aromatic N) is 2. The van der Waals surface area contributed by atoms with Crippen LogP contribution in [-0.2, 0) is 4.79 Å². The van der Waals surface area contributed by atoms with Gasteiger partial charge in [0.15, 0.2) is 0 Å². The van der Waals surface area contributed by atoms with Crippen LogP contribution in [0.3, 0.4) is 0 Å². The lowest BCUT2D eigenvalue weighted by atomic mass is 9.95. The maximum atomic E-state index is 12.8. The van der Waals surface area contributed by atoms with Crippen molar-refractivity contribution in [3.8, 4) is 0 Å². The van der Waals surface area contributed by atoms with Crippen LogP contribution in [0.4, 0.5) is 5.69 Å². The van der Waals surface area contributed by atoms with Crippen molar-refractivity contribution < 1.29 is 4.79 Å². The van der Waals surface area contributed by atoms with E-state index in [1.54, 1.807) is 29.9 Å². The summed E-state index contributed by atoms with van der Waals surface area (Å²) in [7, 11) is 0. The number of pyridine rings is 1. The fraction of sp³-hybridized carbons (Fsp3) is 0.235. The van der Waals surface area contributed by atoms with Crippen LogP contribution in [0.1, 0.15) is 10.9 Å². The van der Waals surface area contributed by atoms with Crippen LogP contribution in [0.15, 0.2) is 48.2 Å². The number of aromatic nitrogens is 2. The summed E-state index contributed by atoms with van der Waals surface area (Å²) in [6, 6.07) is 7.79. The molecule has 8 heteroatoms. The van der Waals surface area contributed by atoms with Gasteiger partial charge in [0.1, 0.15) is 0 Å². The number of nitrogens with one attached hydrogen (secondary N) is 2. The van der Waals surface area contributed by atoms with Crippen molar-refractivity contribution in [3.63, 3.8) is 0 Å². The minimum atomic E-state index is -0.0988. The minimum Gasteiger partial charge on any atom is -0.325 e. The van der Waals surface area contributed by atoms with E-state index in [0.29, 0.717) is 6.54 Å². The SMILES string of the molecule is Cl.Cl.O=C(Nc1cccc2cnccc12)[C@@H]1CNC[C@H]1c1nccs1. The molecule has 0 unspecified atom stereocenters. The van der Waals surface area contributed by atoms with Crippen LogP contribution in [0.5, 0.6) is 0 Å². The number of halogens is 2. The third-order valence-corrected chi connectivity index (χ3v) is 5.17. The molecule has 132 valence electrons. The van der Waals surface area contributed by atoms with Gasteiger partial charge >= 0.3 is 0 Å². The number of rotatable bonds is 3. The zero-order chi connectivity index (χ0) is 15.6. The molecule has 0 spiro atoms. The molecule has 3 heterocycles. The fourth-order valence-corrected chi connectivity index (χ4v) is 3.89. The number of hydrogen-bond donors (Lipinski definition) is 2. The molecule has 25 heavy (non-hydrogen) atoms. The lowest BCUT2D eigenvalue weighted by Gasteiger charge is -2.17. The van der Waals surface area contributed by atoms with Crippen molar-refractivity contribution in [2.75, 3.05) is 18.4 Å². The molecule has 0 aliphatic carbocycles. The monoisotopic (exact) mass is 396 g/mol. The van der Waals surface area contributed by atoms with Crippen LogP contribution in [-0.4, -0.2) is 29.0 Å². The van der Waals surface area contributed by atoms with E-state index >= 15 is 0 Å². The zero-order valence-corrected chi connectivity index (χ0v) is 15.7. The summed E-state index contributed by atoms with van der Waals surface area (Å²) in [5.41, 5.74) is 0.833. The summed E-state index contributed by atoms with van der Waals surface area (Å²) in [5, 5.41) is 11.4. The number of fused-ring (bicyclic) bond motifs is 1. The third kappa shape index (κ3) is 3.93. The lowest BCUT2D eigenvalue weighted by Crippen LogP contribution is -2.28. The van der Waals surface area contributed by atoms with E-state index in [4.69, 9.17) is 0 Å². The molecule has 1 aromatic carbocycles. The predicted molar refractivity (Wildman–Crippen MR) is 106 cm³/mol. The maximum absolute atomic E-state index is 12.8. The number of carbonyl (C=O) groups excluding carboxylic acids is 1. The normalized spacial score (nSPS) is 19.0. The smallest absolute Gasteiger partial charge is 0.229 e. The number of anilines is 1. The van der Waals surface area contributed by atoms with E-state index in [2.05, 4.69) is 20.6 Å². The van der Waals surface area contributed by atoms with Gasteiger partial charge in [-0.15, -0.1) is 36.2 Å². The van der Waals surface area contributed by atoms with Gasteiger partial charge in [-0.25, -0.2) is 4.98 Å². The first-order chi connectivity index (χ1) is 11.3. The van der Waals surface area contributed by atoms with Crippen LogP contribution < -0.4 is 10.6 Å². The summed E-state index contributed by atoms with van der Waals surface area (Å²) in [6.07, 6.45) is 5.35. The Kier molecular flexibility index (Phi) is 6.72. The Morgan fingerprint density at radius 2 is 2.08 bits per heavy atom. The van der Waals surface area contributed by atoms with Gasteiger partial charge in [0.05, 0.1) is 10.9 Å². The summed E-state index contributed by atoms with van der Waals surface area (Å²) in [5.74, 6) is 0.0874. The van der Waals surface area contributed by atoms with E-state index < -0.39 is 0 Å². The third-order valence-electron chi connectivity index (χ3n) is 4.26. The Bertz CT molecular complexity index is 838. The van der Waals surface area contributed by atoms with E-state index in [9.17, 15) is 4.79 Å². The Balaban J connectivity index is 0.00000113. The lowest BCUT2D eigenvalue weighted by molar-refractivity contribution is -0.119. The molecule has 2 aromatic heterocycles. The maximum Gasteiger partial charge on any atom is 0.229 e. The van der Waals surface area contributed by atoms with Crippen molar-refractivity contribution in [3.05, 3.63) is 53.2 Å². The molecule has 3 aromatic rings. The molecule has 1 aliphatic heterocycles. The quantitative estimate of drug-likeness (QED) is 0.710. The first-order valence-electron chi connectivity index (χ1n) is 7.56. The van der Waals surface area contributed by atoms with Crippen LogP contribution in [0, 0.1) is 5.92 Å². The molecule has 2 atom stereocenters. The molecule has 4 rings (SSSR count). The van der Waals surface area contributed by atoms with Crippen molar-refractivity contribution in [2.24, 2.45) is 5.92 Å². The topological polar surface area (TPSA) is 66.9 Å². The number of benzene rings is 1. The molecular weight excluding hydrogens is 379 g/mol. The summed E-state index contributed by atoms with van der Waals surface area (Å²) in [4.78, 5) is 21.3. The Morgan fingerprint density at radius 3 is 2.88 bits per heavy atom. The average Bonchev–Trinajstić information content (AvgIpc) is 3.26. The first kappa shape index (κ1) is 19.6. The van der Waals surface area contributed by atoms with E-state index in [0.717, 1.165) is 28.0 Å². The van der Waals surface area contributed by atoms with E-state index in [1.165, 1.54) is 0 Å². The molecule has 0 bridgehead atoms. The van der Waals surface area contributed by atoms with Gasteiger partial charge < -0.3 is 10.6 Å². The van der Waals surface area contributed by atoms with Gasteiger partial charge in [-0.05, 0) is 12.1 Å². The van der Waals surface area contributed by atoms with Gasteiger partial charge in [0.25, 0.3) is 0 Å². The molecule has 1 amide bonds. The predicted octanol–water partition coefficient (Wildman–Crippen LogP) is 3.48. The summed E-state index contributed by atoms with van der Waals surface area (Å²) in [6.45, 7) is 1.48. The van der Waals surface area contributed by atoms with Crippen LogP contribution in [0.25, 0.3) is 10.8 Å². The van der Waals surface area contributed by atoms with Crippen molar-refractivity contribution in [1.82, 2.24) is 15.3 Å². The van der Waals surface area contributed by atoms with Crippen molar-refractivity contribution in [2.45, 2.75) is 5.92 Å². The van der Waals surface area contributed by atoms with Crippen LogP contribution >= 0.6 is 36.2 Å². The summed E-state index contributed by atoms with van der Waals surface area (Å²) < 4.78 is 0. The first-order valence-corrected chi connectivity index (χ1v) is 8.44. The minimum absolute atomic E-state index is 0. The number of hydrogen-bond acceptors (Lipinski definition) is 5. The standard InChI is InChI=1S/C17H16N4OS.2ClH/c22-16(13-9-19-10-14(13)17-20-6-7-23-17)21-15-3-1-2-11-8-18-5-4-12(11)15;;/h1-8,13-14,19H,9-10H2,(H,21,22);2*1H/t13-,14-;;/m1../s1. The van der Waals surface area contributed by atoms with Gasteiger partial charge in [-0.3, -0.25) is 9.78 Å². The second kappa shape index (κ2) is 8.58. The molecule has 1 aliphatic rings. The second-order valence-corrected chi connectivity index (χ2v) is 6.56. The highest BCUT2D eigenvalue weighted by molar-refractivity contribution is 7.09. The largest absolute Gasteiger partial charge is 0.325 e. The van der Waals surface area contributed by atoms with Crippen LogP contribution in [0.2, 0.25) is 0 Å². The molecule has 2 N–H and O–H groups in total. The summed E-state index contributed by atoms with van der Waals surface area (Å²) >= 11 is 1.61. The Labute approximate surface area is 162 Å². The molecule has 0 radical (unpaired) electrons. The van der Waals surface area contributed by atoms with Gasteiger partial charge in [-0.1, -0.05) is 12.1 Å². The highest BCUT2D eigenvalue weighted by Crippen LogP contribution is 2.31. The number of carbonyl (C=O) groups is 1. The van der Waals surface area contributed by atoms with E-state index in [1.807, 2.05) is 29.6 Å². The van der Waals surface area contributed by atoms with Crippen molar-refractivity contribution >= 4 is 58.5 Å². The number of thiazole rings is 1. The molecule has 1 fully saturated rings. The molecule has 5 nitrogen and oxygen atoms in total. The molecular formula is C17H18Cl2N4OS. The van der Waals surface area contributed by atoms with Gasteiger partial charge in [-0.2, -0.15) is 0 Å². The van der Waals surface area contributed by atoms with Gasteiger partial charge in [0, 0.05) is 59.4 Å². The van der Waals surface area contributed by atoms with E-state index in [-0.39, 0.29) is 42.6 Å².